The summed E-state index contributed by atoms with van der Waals surface area (Å²) in [6.45, 7) is 1.31. The van der Waals surface area contributed by atoms with Gasteiger partial charge in [0.25, 0.3) is 10.1 Å². The van der Waals surface area contributed by atoms with E-state index in [0.717, 1.165) is 0 Å². The molecule has 0 radical (unpaired) electrons. The highest BCUT2D eigenvalue weighted by atomic mass is 32.2. The van der Waals surface area contributed by atoms with Crippen LogP contribution in [0, 0.1) is 0 Å². The fourth-order valence-corrected chi connectivity index (χ4v) is 0.657. The van der Waals surface area contributed by atoms with Crippen LogP contribution in [0.15, 0.2) is 0 Å². The van der Waals surface area contributed by atoms with Gasteiger partial charge in [-0.2, -0.15) is 8.42 Å². The Morgan fingerprint density at radius 3 is 2.33 bits per heavy atom. The van der Waals surface area contributed by atoms with E-state index in [-0.39, 0.29) is 19.2 Å². The Hall–Kier alpha value is -0.660. The Kier molecular flexibility index (Phi) is 6.86. The molecule has 0 spiro atoms. The molecule has 0 atom stereocenters. The lowest BCUT2D eigenvalue weighted by Crippen LogP contribution is -2.13. The fourth-order valence-electron chi connectivity index (χ4n) is 0.363. The predicted octanol–water partition coefficient (Wildman–Crippen LogP) is -0.0106. The van der Waals surface area contributed by atoms with Gasteiger partial charge in [-0.05, 0) is 0 Å². The standard InChI is InChI=1S/C5H10O5S.H3N/c1-2-5(6)10-3-4-11(7,8)9;/h2-4H2,1H3,(H,7,8,9);1H3. The molecule has 7 heteroatoms. The Morgan fingerprint density at radius 2 is 2.00 bits per heavy atom. The topological polar surface area (TPSA) is 116 Å². The molecule has 0 heterocycles. The summed E-state index contributed by atoms with van der Waals surface area (Å²) in [4.78, 5) is 10.4. The van der Waals surface area contributed by atoms with Crippen LogP contribution in [0.1, 0.15) is 13.3 Å². The maximum Gasteiger partial charge on any atom is 0.305 e. The maximum absolute atomic E-state index is 10.4. The van der Waals surface area contributed by atoms with Crippen LogP contribution in [0.3, 0.4) is 0 Å². The maximum atomic E-state index is 10.4. The second-order valence-electron chi connectivity index (χ2n) is 1.86. The van der Waals surface area contributed by atoms with E-state index in [9.17, 15) is 13.2 Å². The number of hydrogen-bond acceptors (Lipinski definition) is 5. The molecule has 0 saturated heterocycles. The minimum absolute atomic E-state index is 0. The zero-order valence-electron chi connectivity index (χ0n) is 6.82. The van der Waals surface area contributed by atoms with Gasteiger partial charge in [0.05, 0.1) is 0 Å². The van der Waals surface area contributed by atoms with E-state index in [1.54, 1.807) is 6.92 Å². The Bertz CT molecular complexity index is 222. The van der Waals surface area contributed by atoms with Gasteiger partial charge in [0.15, 0.2) is 0 Å². The van der Waals surface area contributed by atoms with Gasteiger partial charge >= 0.3 is 5.97 Å². The molecule has 4 N–H and O–H groups in total. The summed E-state index contributed by atoms with van der Waals surface area (Å²) in [6, 6.07) is 0. The van der Waals surface area contributed by atoms with Crippen LogP contribution in [-0.2, 0) is 19.6 Å². The summed E-state index contributed by atoms with van der Waals surface area (Å²) < 4.78 is 32.7. The fraction of sp³-hybridized carbons (Fsp3) is 0.800. The summed E-state index contributed by atoms with van der Waals surface area (Å²) in [5.41, 5.74) is 0. The lowest BCUT2D eigenvalue weighted by atomic mass is 10.5. The van der Waals surface area contributed by atoms with Crippen LogP contribution in [-0.4, -0.2) is 31.3 Å². The first kappa shape index (κ1) is 13.9. The van der Waals surface area contributed by atoms with Gasteiger partial charge in [0.1, 0.15) is 12.4 Å². The largest absolute Gasteiger partial charge is 0.465 e. The van der Waals surface area contributed by atoms with Crippen LogP contribution in [0.2, 0.25) is 0 Å². The van der Waals surface area contributed by atoms with Crippen LogP contribution >= 0.6 is 0 Å². The van der Waals surface area contributed by atoms with Crippen LogP contribution < -0.4 is 6.15 Å². The van der Waals surface area contributed by atoms with Gasteiger partial charge in [-0.25, -0.2) is 0 Å². The lowest BCUT2D eigenvalue weighted by molar-refractivity contribution is -0.142. The van der Waals surface area contributed by atoms with Gasteiger partial charge in [-0.15, -0.1) is 0 Å². The molecule has 12 heavy (non-hydrogen) atoms. The minimum Gasteiger partial charge on any atom is -0.465 e. The summed E-state index contributed by atoms with van der Waals surface area (Å²) in [5.74, 6) is -1.02. The molecule has 0 bridgehead atoms. The number of esters is 1. The van der Waals surface area contributed by atoms with Crippen molar-refractivity contribution in [3.63, 3.8) is 0 Å². The average Bonchev–Trinajstić information content (AvgIpc) is 1.85. The Morgan fingerprint density at radius 1 is 1.50 bits per heavy atom. The highest BCUT2D eigenvalue weighted by molar-refractivity contribution is 7.85. The Labute approximate surface area is 71.2 Å². The second kappa shape index (κ2) is 5.92. The van der Waals surface area contributed by atoms with Gasteiger partial charge < -0.3 is 10.9 Å². The monoisotopic (exact) mass is 199 g/mol. The SMILES string of the molecule is CCC(=O)OCCS(=O)(=O)O.N. The van der Waals surface area contributed by atoms with E-state index in [2.05, 4.69) is 4.74 Å². The molecular weight excluding hydrogens is 186 g/mol. The summed E-state index contributed by atoms with van der Waals surface area (Å²) in [6.07, 6.45) is 0.200. The highest BCUT2D eigenvalue weighted by Gasteiger charge is 2.05. The number of rotatable bonds is 4. The quantitative estimate of drug-likeness (QED) is 0.486. The van der Waals surface area contributed by atoms with E-state index >= 15 is 0 Å². The van der Waals surface area contributed by atoms with E-state index < -0.39 is 21.8 Å². The van der Waals surface area contributed by atoms with Crippen LogP contribution in [0.4, 0.5) is 0 Å². The number of hydrogen-bond donors (Lipinski definition) is 2. The van der Waals surface area contributed by atoms with Crippen molar-refractivity contribution in [2.24, 2.45) is 0 Å². The van der Waals surface area contributed by atoms with Crippen molar-refractivity contribution < 1.29 is 22.5 Å². The van der Waals surface area contributed by atoms with Crippen LogP contribution in [0.5, 0.6) is 0 Å². The van der Waals surface area contributed by atoms with Crippen LogP contribution in [0.25, 0.3) is 0 Å². The van der Waals surface area contributed by atoms with Crippen molar-refractivity contribution in [2.45, 2.75) is 13.3 Å². The summed E-state index contributed by atoms with van der Waals surface area (Å²) in [5, 5.41) is 0. The zero-order valence-corrected chi connectivity index (χ0v) is 7.63. The number of carbonyl (C=O) groups excluding carboxylic acids is 1. The molecule has 0 aliphatic heterocycles. The van der Waals surface area contributed by atoms with E-state index in [1.165, 1.54) is 0 Å². The third-order valence-corrected chi connectivity index (χ3v) is 1.58. The molecule has 0 unspecified atom stereocenters. The average molecular weight is 199 g/mol. The third-order valence-electron chi connectivity index (χ3n) is 0.893. The zero-order chi connectivity index (χ0) is 8.91. The lowest BCUT2D eigenvalue weighted by Gasteiger charge is -1.99. The highest BCUT2D eigenvalue weighted by Crippen LogP contribution is 1.87. The molecular formula is C5H13NO5S. The normalized spacial score (nSPS) is 10.2. The molecule has 0 aromatic heterocycles. The smallest absolute Gasteiger partial charge is 0.305 e. The first-order chi connectivity index (χ1) is 4.95. The summed E-state index contributed by atoms with van der Waals surface area (Å²) >= 11 is 0. The molecule has 6 nitrogen and oxygen atoms in total. The molecule has 0 fully saturated rings. The van der Waals surface area contributed by atoms with Crippen molar-refractivity contribution >= 4 is 16.1 Å². The first-order valence-electron chi connectivity index (χ1n) is 3.06. The van der Waals surface area contributed by atoms with Gasteiger partial charge in [-0.1, -0.05) is 6.92 Å². The van der Waals surface area contributed by atoms with Crippen molar-refractivity contribution in [1.82, 2.24) is 6.15 Å². The second-order valence-corrected chi connectivity index (χ2v) is 3.43. The molecule has 0 aliphatic carbocycles. The number of carbonyl (C=O) groups is 1. The van der Waals surface area contributed by atoms with E-state index in [4.69, 9.17) is 4.55 Å². The third kappa shape index (κ3) is 9.34. The van der Waals surface area contributed by atoms with Crippen molar-refractivity contribution in [2.75, 3.05) is 12.4 Å². The van der Waals surface area contributed by atoms with Gasteiger partial charge in [0.2, 0.25) is 0 Å². The molecule has 0 aromatic carbocycles. The Balaban J connectivity index is 0. The molecule has 74 valence electrons. The first-order valence-corrected chi connectivity index (χ1v) is 4.67. The molecule has 0 amide bonds. The molecule has 0 aromatic rings. The summed E-state index contributed by atoms with van der Waals surface area (Å²) in [7, 11) is -4.01. The minimum atomic E-state index is -4.01. The molecule has 0 rings (SSSR count). The molecule has 0 aliphatic rings. The van der Waals surface area contributed by atoms with E-state index in [1.807, 2.05) is 0 Å². The van der Waals surface area contributed by atoms with Crippen molar-refractivity contribution in [1.29, 1.82) is 0 Å². The van der Waals surface area contributed by atoms with Crippen molar-refractivity contribution in [3.8, 4) is 0 Å². The predicted molar refractivity (Wildman–Crippen MR) is 42.7 cm³/mol. The molecule has 0 saturated carbocycles. The van der Waals surface area contributed by atoms with Crippen molar-refractivity contribution in [3.05, 3.63) is 0 Å². The van der Waals surface area contributed by atoms with E-state index in [0.29, 0.717) is 0 Å². The van der Waals surface area contributed by atoms with Gasteiger partial charge in [-0.3, -0.25) is 9.35 Å². The van der Waals surface area contributed by atoms with Gasteiger partial charge in [0, 0.05) is 6.42 Å². The number of ether oxygens (including phenoxy) is 1.